The van der Waals surface area contributed by atoms with E-state index in [2.05, 4.69) is 45.0 Å². The summed E-state index contributed by atoms with van der Waals surface area (Å²) < 4.78 is 11.9. The molecule has 0 saturated carbocycles. The zero-order valence-electron chi connectivity index (χ0n) is 20.4. The van der Waals surface area contributed by atoms with Crippen molar-refractivity contribution in [3.63, 3.8) is 0 Å². The molecule has 0 unspecified atom stereocenters. The Morgan fingerprint density at radius 3 is 2.06 bits per heavy atom. The summed E-state index contributed by atoms with van der Waals surface area (Å²) in [5.41, 5.74) is 1.83. The lowest BCUT2D eigenvalue weighted by molar-refractivity contribution is 0.0963. The van der Waals surface area contributed by atoms with Crippen LogP contribution in [0, 0.1) is 5.92 Å². The average Bonchev–Trinajstić information content (AvgIpc) is 2.84. The average molecular weight is 447 g/mol. The Balaban J connectivity index is 1.51. The minimum atomic E-state index is 0.214. The van der Waals surface area contributed by atoms with Gasteiger partial charge in [-0.2, -0.15) is 0 Å². The number of Topliss-reactive ketones (excluding diaryl/α,β-unsaturated/α-hetero) is 1. The van der Waals surface area contributed by atoms with E-state index in [1.165, 1.54) is 25.7 Å². The minimum Gasteiger partial charge on any atom is -0.494 e. The molecule has 0 aliphatic carbocycles. The van der Waals surface area contributed by atoms with E-state index in [1.807, 2.05) is 36.4 Å². The van der Waals surface area contributed by atoms with Crippen LogP contribution in [-0.2, 0) is 6.61 Å². The SMILES string of the molecule is CCCCCCCOc1ccc2cc(OCc3ccc(C(=O)C[C@H](C)CC)cc3)ccc2c1. The van der Waals surface area contributed by atoms with Crippen LogP contribution in [0.15, 0.2) is 60.7 Å². The Morgan fingerprint density at radius 2 is 1.42 bits per heavy atom. The first kappa shape index (κ1) is 24.8. The van der Waals surface area contributed by atoms with E-state index < -0.39 is 0 Å². The van der Waals surface area contributed by atoms with Gasteiger partial charge in [-0.15, -0.1) is 0 Å². The van der Waals surface area contributed by atoms with Gasteiger partial charge in [-0.05, 0) is 52.9 Å². The lowest BCUT2D eigenvalue weighted by atomic mass is 9.97. The molecule has 0 aliphatic rings. The van der Waals surface area contributed by atoms with Crippen LogP contribution in [0.4, 0.5) is 0 Å². The third kappa shape index (κ3) is 7.92. The fourth-order valence-corrected chi connectivity index (χ4v) is 3.81. The first-order valence-corrected chi connectivity index (χ1v) is 12.5. The van der Waals surface area contributed by atoms with E-state index in [-0.39, 0.29) is 5.78 Å². The number of fused-ring (bicyclic) bond motifs is 1. The van der Waals surface area contributed by atoms with Crippen molar-refractivity contribution in [1.29, 1.82) is 0 Å². The molecule has 0 heterocycles. The first-order valence-electron chi connectivity index (χ1n) is 12.5. The van der Waals surface area contributed by atoms with Gasteiger partial charge in [-0.1, -0.05) is 89.3 Å². The van der Waals surface area contributed by atoms with E-state index in [1.54, 1.807) is 0 Å². The molecule has 0 bridgehead atoms. The fourth-order valence-electron chi connectivity index (χ4n) is 3.81. The van der Waals surface area contributed by atoms with Gasteiger partial charge < -0.3 is 9.47 Å². The molecule has 3 heteroatoms. The second-order valence-corrected chi connectivity index (χ2v) is 9.06. The summed E-state index contributed by atoms with van der Waals surface area (Å²) in [7, 11) is 0. The van der Waals surface area contributed by atoms with Crippen LogP contribution in [0.2, 0.25) is 0 Å². The highest BCUT2D eigenvalue weighted by Gasteiger charge is 2.10. The van der Waals surface area contributed by atoms with Crippen LogP contribution < -0.4 is 9.47 Å². The van der Waals surface area contributed by atoms with Crippen molar-refractivity contribution < 1.29 is 14.3 Å². The molecule has 33 heavy (non-hydrogen) atoms. The number of unbranched alkanes of at least 4 members (excludes halogenated alkanes) is 4. The number of rotatable bonds is 14. The fraction of sp³-hybridized carbons (Fsp3) is 0.433. The molecule has 3 aromatic carbocycles. The molecule has 3 aromatic rings. The lowest BCUT2D eigenvalue weighted by Gasteiger charge is -2.10. The van der Waals surface area contributed by atoms with Crippen LogP contribution >= 0.6 is 0 Å². The molecule has 0 saturated heterocycles. The lowest BCUT2D eigenvalue weighted by Crippen LogP contribution is -2.05. The van der Waals surface area contributed by atoms with Crippen molar-refractivity contribution in [3.8, 4) is 11.5 Å². The third-order valence-corrected chi connectivity index (χ3v) is 6.21. The molecule has 1 atom stereocenters. The van der Waals surface area contributed by atoms with E-state index in [9.17, 15) is 4.79 Å². The second-order valence-electron chi connectivity index (χ2n) is 9.06. The normalized spacial score (nSPS) is 12.0. The Kier molecular flexibility index (Phi) is 9.80. The van der Waals surface area contributed by atoms with Gasteiger partial charge in [0.15, 0.2) is 5.78 Å². The Morgan fingerprint density at radius 1 is 0.788 bits per heavy atom. The maximum atomic E-state index is 12.3. The van der Waals surface area contributed by atoms with Crippen molar-refractivity contribution in [2.45, 2.75) is 72.3 Å². The number of ketones is 1. The molecule has 3 rings (SSSR count). The summed E-state index contributed by atoms with van der Waals surface area (Å²) in [6.07, 6.45) is 7.84. The van der Waals surface area contributed by atoms with Crippen molar-refractivity contribution in [2.75, 3.05) is 6.61 Å². The van der Waals surface area contributed by atoms with Crippen LogP contribution in [0.1, 0.15) is 81.6 Å². The van der Waals surface area contributed by atoms with Gasteiger partial charge in [-0.3, -0.25) is 4.79 Å². The molecule has 3 nitrogen and oxygen atoms in total. The highest BCUT2D eigenvalue weighted by molar-refractivity contribution is 5.96. The molecular formula is C30H38O3. The summed E-state index contributed by atoms with van der Waals surface area (Å²) in [4.78, 5) is 12.3. The Bertz CT molecular complexity index is 1010. The molecule has 0 N–H and O–H groups in total. The van der Waals surface area contributed by atoms with Crippen LogP contribution in [-0.4, -0.2) is 12.4 Å². The topological polar surface area (TPSA) is 35.5 Å². The molecule has 0 radical (unpaired) electrons. The van der Waals surface area contributed by atoms with Gasteiger partial charge in [0.2, 0.25) is 0 Å². The molecule has 0 aromatic heterocycles. The maximum absolute atomic E-state index is 12.3. The maximum Gasteiger partial charge on any atom is 0.163 e. The third-order valence-electron chi connectivity index (χ3n) is 6.21. The minimum absolute atomic E-state index is 0.214. The van der Waals surface area contributed by atoms with Crippen molar-refractivity contribution in [2.24, 2.45) is 5.92 Å². The van der Waals surface area contributed by atoms with Gasteiger partial charge in [0, 0.05) is 12.0 Å². The van der Waals surface area contributed by atoms with Gasteiger partial charge in [0.25, 0.3) is 0 Å². The van der Waals surface area contributed by atoms with E-state index in [4.69, 9.17) is 9.47 Å². The number of hydrogen-bond donors (Lipinski definition) is 0. The molecule has 0 aliphatic heterocycles. The van der Waals surface area contributed by atoms with Gasteiger partial charge in [0.05, 0.1) is 6.61 Å². The largest absolute Gasteiger partial charge is 0.494 e. The summed E-state index contributed by atoms with van der Waals surface area (Å²) in [6.45, 7) is 7.72. The monoisotopic (exact) mass is 446 g/mol. The van der Waals surface area contributed by atoms with E-state index in [0.29, 0.717) is 18.9 Å². The predicted octanol–water partition coefficient (Wildman–Crippen LogP) is 8.39. The highest BCUT2D eigenvalue weighted by Crippen LogP contribution is 2.26. The first-order chi connectivity index (χ1) is 16.1. The van der Waals surface area contributed by atoms with Crippen LogP contribution in [0.25, 0.3) is 10.8 Å². The summed E-state index contributed by atoms with van der Waals surface area (Å²) >= 11 is 0. The summed E-state index contributed by atoms with van der Waals surface area (Å²) in [5.74, 6) is 2.40. The predicted molar refractivity (Wildman–Crippen MR) is 137 cm³/mol. The van der Waals surface area contributed by atoms with Crippen LogP contribution in [0.5, 0.6) is 11.5 Å². The van der Waals surface area contributed by atoms with Crippen molar-refractivity contribution >= 4 is 16.6 Å². The van der Waals surface area contributed by atoms with E-state index in [0.717, 1.165) is 52.8 Å². The Hall–Kier alpha value is -2.81. The number of carbonyl (C=O) groups is 1. The zero-order chi connectivity index (χ0) is 23.5. The standard InChI is InChI=1S/C30H38O3/c1-4-6-7-8-9-18-32-28-16-14-27-21-29(17-15-26(27)20-28)33-22-24-10-12-25(13-11-24)30(31)19-23(3)5-2/h10-17,20-21,23H,4-9,18-19,22H2,1-3H3/t23-/m1/s1. The number of hydrogen-bond acceptors (Lipinski definition) is 3. The number of benzene rings is 3. The smallest absolute Gasteiger partial charge is 0.163 e. The molecular weight excluding hydrogens is 408 g/mol. The second kappa shape index (κ2) is 13.0. The number of ether oxygens (including phenoxy) is 2. The molecule has 176 valence electrons. The molecule has 0 amide bonds. The van der Waals surface area contributed by atoms with Gasteiger partial charge in [0.1, 0.15) is 18.1 Å². The summed E-state index contributed by atoms with van der Waals surface area (Å²) in [6, 6.07) is 20.2. The molecule has 0 fully saturated rings. The summed E-state index contributed by atoms with van der Waals surface area (Å²) in [5, 5.41) is 2.28. The van der Waals surface area contributed by atoms with Gasteiger partial charge in [-0.25, -0.2) is 0 Å². The number of carbonyl (C=O) groups excluding carboxylic acids is 1. The van der Waals surface area contributed by atoms with Crippen LogP contribution in [0.3, 0.4) is 0 Å². The highest BCUT2D eigenvalue weighted by atomic mass is 16.5. The Labute approximate surface area is 199 Å². The molecule has 0 spiro atoms. The zero-order valence-corrected chi connectivity index (χ0v) is 20.4. The quantitative estimate of drug-likeness (QED) is 0.184. The van der Waals surface area contributed by atoms with Gasteiger partial charge >= 0.3 is 0 Å². The van der Waals surface area contributed by atoms with E-state index >= 15 is 0 Å². The van der Waals surface area contributed by atoms with Crippen molar-refractivity contribution in [1.82, 2.24) is 0 Å². The van der Waals surface area contributed by atoms with Crippen molar-refractivity contribution in [3.05, 3.63) is 71.8 Å².